The van der Waals surface area contributed by atoms with Crippen molar-refractivity contribution in [3.05, 3.63) is 65.2 Å². The summed E-state index contributed by atoms with van der Waals surface area (Å²) in [6, 6.07) is 17.5. The number of ether oxygens (including phenoxy) is 1. The molecule has 2 aromatic carbocycles. The Bertz CT molecular complexity index is 548. The number of hydrogen-bond acceptors (Lipinski definition) is 2. The van der Waals surface area contributed by atoms with Gasteiger partial charge in [-0.2, -0.15) is 0 Å². The molecule has 0 aliphatic carbocycles. The molecule has 0 saturated carbocycles. The van der Waals surface area contributed by atoms with E-state index in [4.69, 9.17) is 4.74 Å². The minimum absolute atomic E-state index is 0.390. The lowest BCUT2D eigenvalue weighted by Gasteiger charge is -2.18. The van der Waals surface area contributed by atoms with E-state index < -0.39 is 0 Å². The molecule has 0 spiro atoms. The first kappa shape index (κ1) is 15.6. The van der Waals surface area contributed by atoms with Gasteiger partial charge in [0.15, 0.2) is 0 Å². The van der Waals surface area contributed by atoms with Crippen molar-refractivity contribution in [1.82, 2.24) is 5.32 Å². The zero-order valence-electron chi connectivity index (χ0n) is 13.2. The predicted molar refractivity (Wildman–Crippen MR) is 88.7 cm³/mol. The van der Waals surface area contributed by atoms with E-state index in [9.17, 15) is 0 Å². The number of rotatable bonds is 7. The van der Waals surface area contributed by atoms with Crippen molar-refractivity contribution < 1.29 is 4.74 Å². The fraction of sp³-hybridized carbons (Fsp3) is 0.368. The fourth-order valence-electron chi connectivity index (χ4n) is 2.45. The lowest BCUT2D eigenvalue weighted by molar-refractivity contribution is 0.339. The largest absolute Gasteiger partial charge is 0.494 e. The topological polar surface area (TPSA) is 21.3 Å². The van der Waals surface area contributed by atoms with Crippen LogP contribution in [0.25, 0.3) is 0 Å². The van der Waals surface area contributed by atoms with E-state index in [0.717, 1.165) is 18.7 Å². The molecule has 2 nitrogen and oxygen atoms in total. The van der Waals surface area contributed by atoms with Crippen molar-refractivity contribution in [1.29, 1.82) is 0 Å². The van der Waals surface area contributed by atoms with Crippen LogP contribution in [0.15, 0.2) is 48.5 Å². The Morgan fingerprint density at radius 3 is 2.48 bits per heavy atom. The number of aryl methyl sites for hydroxylation is 1. The molecule has 2 heteroatoms. The van der Waals surface area contributed by atoms with Crippen LogP contribution in [0.1, 0.15) is 43.0 Å². The molecule has 0 aromatic heterocycles. The van der Waals surface area contributed by atoms with Gasteiger partial charge in [-0.05, 0) is 43.5 Å². The SMILES string of the molecule is CCOc1cccc(CNC(CC)c2ccc(C)cc2)c1. The van der Waals surface area contributed by atoms with Gasteiger partial charge in [0.25, 0.3) is 0 Å². The Labute approximate surface area is 128 Å². The summed E-state index contributed by atoms with van der Waals surface area (Å²) in [5.74, 6) is 0.945. The van der Waals surface area contributed by atoms with Crippen LogP contribution < -0.4 is 10.1 Å². The van der Waals surface area contributed by atoms with Gasteiger partial charge < -0.3 is 10.1 Å². The summed E-state index contributed by atoms with van der Waals surface area (Å²) < 4.78 is 5.55. The molecule has 0 radical (unpaired) electrons. The fourth-order valence-corrected chi connectivity index (χ4v) is 2.45. The van der Waals surface area contributed by atoms with E-state index in [2.05, 4.69) is 61.6 Å². The second-order valence-corrected chi connectivity index (χ2v) is 5.33. The van der Waals surface area contributed by atoms with E-state index >= 15 is 0 Å². The highest BCUT2D eigenvalue weighted by Crippen LogP contribution is 2.19. The lowest BCUT2D eigenvalue weighted by atomic mass is 10.0. The molecule has 1 unspecified atom stereocenters. The van der Waals surface area contributed by atoms with Gasteiger partial charge in [-0.15, -0.1) is 0 Å². The molecule has 0 fully saturated rings. The molecule has 112 valence electrons. The molecule has 21 heavy (non-hydrogen) atoms. The first-order chi connectivity index (χ1) is 10.2. The zero-order chi connectivity index (χ0) is 15.1. The van der Waals surface area contributed by atoms with Crippen LogP contribution in [0.2, 0.25) is 0 Å². The van der Waals surface area contributed by atoms with Crippen LogP contribution in [0.3, 0.4) is 0 Å². The minimum Gasteiger partial charge on any atom is -0.494 e. The van der Waals surface area contributed by atoms with Gasteiger partial charge >= 0.3 is 0 Å². The summed E-state index contributed by atoms with van der Waals surface area (Å²) in [4.78, 5) is 0. The van der Waals surface area contributed by atoms with Crippen molar-refractivity contribution in [2.24, 2.45) is 0 Å². The molecule has 2 rings (SSSR count). The molecule has 0 saturated heterocycles. The van der Waals surface area contributed by atoms with E-state index in [1.165, 1.54) is 16.7 Å². The maximum atomic E-state index is 5.55. The Morgan fingerprint density at radius 1 is 1.05 bits per heavy atom. The standard InChI is InChI=1S/C19H25NO/c1-4-19(17-11-9-15(3)10-12-17)20-14-16-7-6-8-18(13-16)21-5-2/h6-13,19-20H,4-5,14H2,1-3H3. The average Bonchev–Trinajstić information content (AvgIpc) is 2.50. The summed E-state index contributed by atoms with van der Waals surface area (Å²) in [7, 11) is 0. The van der Waals surface area contributed by atoms with Crippen LogP contribution in [0.4, 0.5) is 0 Å². The van der Waals surface area contributed by atoms with Crippen molar-refractivity contribution in [2.45, 2.75) is 39.8 Å². The lowest BCUT2D eigenvalue weighted by Crippen LogP contribution is -2.20. The third-order valence-electron chi connectivity index (χ3n) is 3.65. The molecule has 0 aliphatic heterocycles. The van der Waals surface area contributed by atoms with Gasteiger partial charge in [-0.1, -0.05) is 48.9 Å². The van der Waals surface area contributed by atoms with Gasteiger partial charge in [0.1, 0.15) is 5.75 Å². The maximum absolute atomic E-state index is 5.55. The predicted octanol–water partition coefficient (Wildman–Crippen LogP) is 4.63. The summed E-state index contributed by atoms with van der Waals surface area (Å²) >= 11 is 0. The monoisotopic (exact) mass is 283 g/mol. The molecular weight excluding hydrogens is 258 g/mol. The van der Waals surface area contributed by atoms with Gasteiger partial charge in [-0.3, -0.25) is 0 Å². The van der Waals surface area contributed by atoms with Crippen LogP contribution in [-0.4, -0.2) is 6.61 Å². The van der Waals surface area contributed by atoms with Crippen molar-refractivity contribution in [3.8, 4) is 5.75 Å². The Morgan fingerprint density at radius 2 is 1.81 bits per heavy atom. The molecule has 2 aromatic rings. The third kappa shape index (κ3) is 4.61. The summed E-state index contributed by atoms with van der Waals surface area (Å²) in [6.07, 6.45) is 1.08. The number of benzene rings is 2. The highest BCUT2D eigenvalue weighted by molar-refractivity contribution is 5.29. The second kappa shape index (κ2) is 7.84. The zero-order valence-corrected chi connectivity index (χ0v) is 13.2. The maximum Gasteiger partial charge on any atom is 0.119 e. The van der Waals surface area contributed by atoms with Gasteiger partial charge in [0, 0.05) is 12.6 Å². The van der Waals surface area contributed by atoms with Crippen molar-refractivity contribution >= 4 is 0 Å². The van der Waals surface area contributed by atoms with Crippen molar-refractivity contribution in [2.75, 3.05) is 6.61 Å². The van der Waals surface area contributed by atoms with E-state index in [1.807, 2.05) is 13.0 Å². The summed E-state index contributed by atoms with van der Waals surface area (Å²) in [6.45, 7) is 7.91. The summed E-state index contributed by atoms with van der Waals surface area (Å²) in [5, 5.41) is 3.64. The molecular formula is C19H25NO. The minimum atomic E-state index is 0.390. The molecule has 0 bridgehead atoms. The third-order valence-corrected chi connectivity index (χ3v) is 3.65. The Hall–Kier alpha value is -1.80. The van der Waals surface area contributed by atoms with E-state index in [-0.39, 0.29) is 0 Å². The molecule has 1 atom stereocenters. The molecule has 0 aliphatic rings. The highest BCUT2D eigenvalue weighted by Gasteiger charge is 2.08. The van der Waals surface area contributed by atoms with Gasteiger partial charge in [0.05, 0.1) is 6.61 Å². The quantitative estimate of drug-likeness (QED) is 0.799. The number of nitrogens with one attached hydrogen (secondary N) is 1. The Kier molecular flexibility index (Phi) is 5.82. The van der Waals surface area contributed by atoms with Crippen LogP contribution in [0, 0.1) is 6.92 Å². The summed E-state index contributed by atoms with van der Waals surface area (Å²) in [5.41, 5.74) is 3.91. The second-order valence-electron chi connectivity index (χ2n) is 5.33. The average molecular weight is 283 g/mol. The van der Waals surface area contributed by atoms with Crippen LogP contribution in [-0.2, 0) is 6.54 Å². The van der Waals surface area contributed by atoms with Gasteiger partial charge in [-0.25, -0.2) is 0 Å². The molecule has 1 N–H and O–H groups in total. The molecule has 0 amide bonds. The number of hydrogen-bond donors (Lipinski definition) is 1. The van der Waals surface area contributed by atoms with Crippen LogP contribution >= 0.6 is 0 Å². The van der Waals surface area contributed by atoms with E-state index in [0.29, 0.717) is 12.6 Å². The first-order valence-electron chi connectivity index (χ1n) is 7.74. The Balaban J connectivity index is 1.99. The van der Waals surface area contributed by atoms with Crippen molar-refractivity contribution in [3.63, 3.8) is 0 Å². The van der Waals surface area contributed by atoms with E-state index in [1.54, 1.807) is 0 Å². The van der Waals surface area contributed by atoms with Gasteiger partial charge in [0.2, 0.25) is 0 Å². The first-order valence-corrected chi connectivity index (χ1v) is 7.74. The van der Waals surface area contributed by atoms with Crippen LogP contribution in [0.5, 0.6) is 5.75 Å². The molecule has 0 heterocycles. The highest BCUT2D eigenvalue weighted by atomic mass is 16.5. The normalized spacial score (nSPS) is 12.1. The smallest absolute Gasteiger partial charge is 0.119 e.